The van der Waals surface area contributed by atoms with Crippen LogP contribution in [0, 0.1) is 25.2 Å². The van der Waals surface area contributed by atoms with Gasteiger partial charge < -0.3 is 14.6 Å². The molecule has 7 nitrogen and oxygen atoms in total. The zero-order valence-electron chi connectivity index (χ0n) is 19.8. The van der Waals surface area contributed by atoms with Gasteiger partial charge in [-0.2, -0.15) is 5.26 Å². The number of carbonyl (C=O) groups excluding carboxylic acids is 2. The van der Waals surface area contributed by atoms with Crippen LogP contribution in [-0.4, -0.2) is 31.0 Å². The van der Waals surface area contributed by atoms with Crippen LogP contribution in [0.1, 0.15) is 33.9 Å². The number of amides is 1. The van der Waals surface area contributed by atoms with Gasteiger partial charge in [0.2, 0.25) is 0 Å². The van der Waals surface area contributed by atoms with E-state index in [1.54, 1.807) is 54.6 Å². The number of Topliss-reactive ketones (excluding diaryl/α,β-unsaturated/α-hetero) is 1. The molecule has 0 radical (unpaired) electrons. The third kappa shape index (κ3) is 4.11. The third-order valence-corrected chi connectivity index (χ3v) is 6.22. The fourth-order valence-electron chi connectivity index (χ4n) is 4.18. The summed E-state index contributed by atoms with van der Waals surface area (Å²) in [4.78, 5) is 28.0. The van der Waals surface area contributed by atoms with Crippen molar-refractivity contribution < 1.29 is 24.2 Å². The lowest BCUT2D eigenvalue weighted by molar-refractivity contribution is -0.132. The summed E-state index contributed by atoms with van der Waals surface area (Å²) in [5, 5.41) is 20.5. The first-order valence-corrected chi connectivity index (χ1v) is 10.9. The molecule has 0 aliphatic carbocycles. The average Bonchev–Trinajstić information content (AvgIpc) is 3.15. The van der Waals surface area contributed by atoms with Crippen LogP contribution >= 0.6 is 0 Å². The summed E-state index contributed by atoms with van der Waals surface area (Å²) in [5.74, 6) is -0.936. The lowest BCUT2D eigenvalue weighted by Gasteiger charge is -2.26. The fourth-order valence-corrected chi connectivity index (χ4v) is 4.18. The van der Waals surface area contributed by atoms with E-state index in [2.05, 4.69) is 0 Å². The number of aliphatic hydroxyl groups is 1. The average molecular weight is 469 g/mol. The Morgan fingerprint density at radius 1 is 0.914 bits per heavy atom. The Morgan fingerprint density at radius 2 is 1.60 bits per heavy atom. The van der Waals surface area contributed by atoms with Crippen LogP contribution in [-0.2, 0) is 9.59 Å². The van der Waals surface area contributed by atoms with Gasteiger partial charge in [0.1, 0.15) is 5.76 Å². The summed E-state index contributed by atoms with van der Waals surface area (Å²) in [6.45, 7) is 3.86. The Balaban J connectivity index is 1.97. The van der Waals surface area contributed by atoms with Gasteiger partial charge in [-0.25, -0.2) is 0 Å². The van der Waals surface area contributed by atoms with E-state index in [9.17, 15) is 14.7 Å². The van der Waals surface area contributed by atoms with Crippen LogP contribution in [0.15, 0.2) is 66.2 Å². The number of benzene rings is 3. The van der Waals surface area contributed by atoms with E-state index < -0.39 is 17.7 Å². The quantitative estimate of drug-likeness (QED) is 0.327. The van der Waals surface area contributed by atoms with Crippen molar-refractivity contribution in [3.63, 3.8) is 0 Å². The first-order valence-electron chi connectivity index (χ1n) is 10.9. The fraction of sp³-hybridized carbons (Fsp3) is 0.179. The molecule has 1 aliphatic rings. The van der Waals surface area contributed by atoms with Crippen LogP contribution in [0.2, 0.25) is 0 Å². The van der Waals surface area contributed by atoms with Crippen molar-refractivity contribution in [3.05, 3.63) is 94.1 Å². The van der Waals surface area contributed by atoms with Gasteiger partial charge in [0, 0.05) is 11.3 Å². The van der Waals surface area contributed by atoms with Crippen molar-refractivity contribution in [2.24, 2.45) is 0 Å². The number of carbonyl (C=O) groups is 2. The van der Waals surface area contributed by atoms with Crippen LogP contribution < -0.4 is 14.4 Å². The van der Waals surface area contributed by atoms with E-state index in [4.69, 9.17) is 14.7 Å². The van der Waals surface area contributed by atoms with Gasteiger partial charge in [0.25, 0.3) is 11.7 Å². The summed E-state index contributed by atoms with van der Waals surface area (Å²) in [5.41, 5.74) is 3.78. The summed E-state index contributed by atoms with van der Waals surface area (Å²) in [7, 11) is 3.01. The maximum atomic E-state index is 13.3. The van der Waals surface area contributed by atoms with E-state index >= 15 is 0 Å². The van der Waals surface area contributed by atoms with E-state index in [1.165, 1.54) is 19.1 Å². The normalized spacial score (nSPS) is 16.8. The second-order valence-corrected chi connectivity index (χ2v) is 8.24. The lowest BCUT2D eigenvalue weighted by atomic mass is 9.94. The molecule has 1 saturated heterocycles. The largest absolute Gasteiger partial charge is 0.507 e. The molecule has 7 heteroatoms. The van der Waals surface area contributed by atoms with Gasteiger partial charge in [0.05, 0.1) is 37.5 Å². The smallest absolute Gasteiger partial charge is 0.300 e. The molecule has 176 valence electrons. The monoisotopic (exact) mass is 468 g/mol. The number of aryl methyl sites for hydroxylation is 2. The second-order valence-electron chi connectivity index (χ2n) is 8.24. The molecule has 3 aromatic rings. The van der Waals surface area contributed by atoms with Crippen molar-refractivity contribution in [2.75, 3.05) is 19.1 Å². The molecule has 4 rings (SSSR count). The molecule has 1 atom stereocenters. The zero-order valence-corrected chi connectivity index (χ0v) is 19.8. The number of nitrogens with zero attached hydrogens (tertiary/aromatic N) is 2. The van der Waals surface area contributed by atoms with Crippen molar-refractivity contribution in [1.82, 2.24) is 0 Å². The summed E-state index contributed by atoms with van der Waals surface area (Å²) >= 11 is 0. The lowest BCUT2D eigenvalue weighted by Crippen LogP contribution is -2.29. The highest BCUT2D eigenvalue weighted by Crippen LogP contribution is 2.44. The van der Waals surface area contributed by atoms with Crippen LogP contribution in [0.5, 0.6) is 11.5 Å². The van der Waals surface area contributed by atoms with Gasteiger partial charge in [-0.05, 0) is 73.0 Å². The molecule has 1 heterocycles. The summed E-state index contributed by atoms with van der Waals surface area (Å²) in [6, 6.07) is 17.9. The topological polar surface area (TPSA) is 99.9 Å². The molecule has 0 bridgehead atoms. The third-order valence-electron chi connectivity index (χ3n) is 6.22. The van der Waals surface area contributed by atoms with Gasteiger partial charge in [-0.15, -0.1) is 0 Å². The first-order chi connectivity index (χ1) is 16.8. The molecule has 1 fully saturated rings. The van der Waals surface area contributed by atoms with Crippen molar-refractivity contribution in [1.29, 1.82) is 5.26 Å². The molecule has 3 aromatic carbocycles. The maximum Gasteiger partial charge on any atom is 0.300 e. The number of methoxy groups -OCH3 is 2. The van der Waals surface area contributed by atoms with E-state index in [1.807, 2.05) is 26.0 Å². The van der Waals surface area contributed by atoms with Gasteiger partial charge in [0.15, 0.2) is 11.5 Å². The molecular weight excluding hydrogens is 444 g/mol. The molecule has 1 N–H and O–H groups in total. The summed E-state index contributed by atoms with van der Waals surface area (Å²) < 4.78 is 10.8. The highest BCUT2D eigenvalue weighted by Gasteiger charge is 2.47. The number of hydrogen-bond acceptors (Lipinski definition) is 6. The number of aliphatic hydroxyl groups excluding tert-OH is 1. The minimum Gasteiger partial charge on any atom is -0.507 e. The highest BCUT2D eigenvalue weighted by atomic mass is 16.5. The van der Waals surface area contributed by atoms with Gasteiger partial charge in [-0.3, -0.25) is 14.5 Å². The predicted octanol–water partition coefficient (Wildman–Crippen LogP) is 4.82. The highest BCUT2D eigenvalue weighted by molar-refractivity contribution is 6.51. The van der Waals surface area contributed by atoms with E-state index in [-0.39, 0.29) is 11.3 Å². The maximum absolute atomic E-state index is 13.3. The molecule has 1 aliphatic heterocycles. The van der Waals surface area contributed by atoms with Crippen molar-refractivity contribution in [3.8, 4) is 17.6 Å². The Morgan fingerprint density at radius 3 is 2.20 bits per heavy atom. The first kappa shape index (κ1) is 23.6. The summed E-state index contributed by atoms with van der Waals surface area (Å²) in [6.07, 6.45) is 0. The van der Waals surface area contributed by atoms with Crippen LogP contribution in [0.25, 0.3) is 5.76 Å². The molecule has 0 aromatic heterocycles. The Hall–Kier alpha value is -4.57. The second kappa shape index (κ2) is 9.35. The van der Waals surface area contributed by atoms with Gasteiger partial charge in [-0.1, -0.05) is 18.2 Å². The molecule has 1 unspecified atom stereocenters. The van der Waals surface area contributed by atoms with Crippen molar-refractivity contribution >= 4 is 23.1 Å². The van der Waals surface area contributed by atoms with E-state index in [0.29, 0.717) is 33.9 Å². The van der Waals surface area contributed by atoms with Gasteiger partial charge >= 0.3 is 0 Å². The Labute approximate surface area is 203 Å². The minimum atomic E-state index is -0.927. The molecule has 0 saturated carbocycles. The minimum absolute atomic E-state index is 0.0326. The predicted molar refractivity (Wildman–Crippen MR) is 131 cm³/mol. The van der Waals surface area contributed by atoms with Crippen molar-refractivity contribution in [2.45, 2.75) is 19.9 Å². The number of nitriles is 1. The molecule has 35 heavy (non-hydrogen) atoms. The number of anilines is 1. The number of hydrogen-bond donors (Lipinski definition) is 1. The zero-order chi connectivity index (χ0) is 25.3. The SMILES string of the molecule is COc1ccc(C2/C(=C(/O)c3ccc(C)c(C)c3)C(=O)C(=O)N2c2ccc(C#N)cc2)cc1OC. The number of ketones is 1. The molecule has 0 spiro atoms. The van der Waals surface area contributed by atoms with Crippen LogP contribution in [0.3, 0.4) is 0 Å². The number of ether oxygens (including phenoxy) is 2. The Bertz CT molecular complexity index is 1400. The molecular formula is C28H24N2O5. The standard InChI is InChI=1S/C28H24N2O5/c1-16-5-8-20(13-17(16)2)26(31)24-25(19-9-12-22(34-3)23(14-19)35-4)30(28(33)27(24)32)21-10-6-18(15-29)7-11-21/h5-14,25,31H,1-4H3/b26-24-. The van der Waals surface area contributed by atoms with E-state index in [0.717, 1.165) is 11.1 Å². The molecule has 1 amide bonds. The Kier molecular flexibility index (Phi) is 6.30. The van der Waals surface area contributed by atoms with Crippen LogP contribution in [0.4, 0.5) is 5.69 Å². The number of rotatable bonds is 5.